The second-order valence-corrected chi connectivity index (χ2v) is 13.2. The molecule has 1 saturated heterocycles. The lowest BCUT2D eigenvalue weighted by atomic mass is 9.45. The molecule has 5 aliphatic rings. The molecular weight excluding hydrogens is 432 g/mol. The van der Waals surface area contributed by atoms with Crippen LogP contribution in [0.2, 0.25) is 0 Å². The molecule has 10 atom stereocenters. The molecule has 4 aliphatic carbocycles. The molecule has 4 N–H and O–H groups in total. The van der Waals surface area contributed by atoms with Gasteiger partial charge in [0.15, 0.2) is 5.78 Å². The van der Waals surface area contributed by atoms with Gasteiger partial charge in [0, 0.05) is 11.3 Å². The van der Waals surface area contributed by atoms with Crippen LogP contribution in [0.3, 0.4) is 0 Å². The van der Waals surface area contributed by atoms with Crippen LogP contribution in [0.1, 0.15) is 79.6 Å². The van der Waals surface area contributed by atoms with E-state index >= 15 is 0 Å². The second-order valence-electron chi connectivity index (χ2n) is 13.2. The SMILES string of the molecule is C=C1C[C@H]([C@](C)(O)[C@H]2CC[C@@]3(O)C4=CC(=O)[C@@H]5C[C@@H](O)[C@@H](O)C[C@]5(C)[C@H]4CC[C@]23C)OC1(C)C. The van der Waals surface area contributed by atoms with Crippen molar-refractivity contribution in [2.75, 3.05) is 0 Å². The van der Waals surface area contributed by atoms with E-state index in [4.69, 9.17) is 4.74 Å². The van der Waals surface area contributed by atoms with Gasteiger partial charge < -0.3 is 25.2 Å². The molecule has 6 nitrogen and oxygen atoms in total. The standard InChI is InChI=1S/C28H42O6/c1-15-11-23(34-24(15,2)3)27(6,32)22-8-10-28(33)17-12-19(29)18-13-20(30)21(31)14-25(18,4)16(17)7-9-26(22,28)5/h12,16,18,20-23,30-33H,1,7-11,13-14H2,2-6H3/t16-,18-,20+,21-,22-,23+,25+,26+,27+,28+/m0/s1. The first-order valence-electron chi connectivity index (χ1n) is 13.0. The molecule has 0 aromatic heterocycles. The number of ether oxygens (including phenoxy) is 1. The van der Waals surface area contributed by atoms with Crippen molar-refractivity contribution in [2.24, 2.45) is 28.6 Å². The molecule has 1 heterocycles. The zero-order valence-electron chi connectivity index (χ0n) is 21.3. The summed E-state index contributed by atoms with van der Waals surface area (Å²) < 4.78 is 6.28. The average Bonchev–Trinajstić information content (AvgIpc) is 3.17. The van der Waals surface area contributed by atoms with Crippen LogP contribution in [0.15, 0.2) is 23.8 Å². The van der Waals surface area contributed by atoms with E-state index in [-0.39, 0.29) is 30.0 Å². The number of carbonyl (C=O) groups excluding carboxylic acids is 1. The summed E-state index contributed by atoms with van der Waals surface area (Å²) in [7, 11) is 0. The minimum Gasteiger partial charge on any atom is -0.390 e. The number of ketones is 1. The van der Waals surface area contributed by atoms with E-state index in [1.165, 1.54) is 0 Å². The molecule has 0 amide bonds. The number of aliphatic hydroxyl groups is 4. The highest BCUT2D eigenvalue weighted by molar-refractivity contribution is 5.95. The summed E-state index contributed by atoms with van der Waals surface area (Å²) in [5.74, 6) is -0.615. The fourth-order valence-electron chi connectivity index (χ4n) is 8.81. The Kier molecular flexibility index (Phi) is 5.26. The first-order valence-corrected chi connectivity index (χ1v) is 13.0. The third kappa shape index (κ3) is 3.02. The Bertz CT molecular complexity index is 951. The van der Waals surface area contributed by atoms with Crippen LogP contribution >= 0.6 is 0 Å². The highest BCUT2D eigenvalue weighted by Gasteiger charge is 2.69. The van der Waals surface area contributed by atoms with Gasteiger partial charge in [-0.25, -0.2) is 0 Å². The molecule has 3 saturated carbocycles. The van der Waals surface area contributed by atoms with Gasteiger partial charge in [0.05, 0.1) is 35.1 Å². The Morgan fingerprint density at radius 2 is 1.76 bits per heavy atom. The van der Waals surface area contributed by atoms with Gasteiger partial charge in [-0.15, -0.1) is 0 Å². The maximum atomic E-state index is 13.3. The molecule has 1 aliphatic heterocycles. The van der Waals surface area contributed by atoms with Gasteiger partial charge in [-0.1, -0.05) is 20.4 Å². The average molecular weight is 475 g/mol. The molecular formula is C28H42O6. The number of carbonyl (C=O) groups is 1. The van der Waals surface area contributed by atoms with Gasteiger partial charge in [0.2, 0.25) is 0 Å². The summed E-state index contributed by atoms with van der Waals surface area (Å²) in [6, 6.07) is 0. The van der Waals surface area contributed by atoms with Crippen molar-refractivity contribution in [1.82, 2.24) is 0 Å². The number of aliphatic hydroxyl groups excluding tert-OH is 2. The van der Waals surface area contributed by atoms with Gasteiger partial charge in [0.1, 0.15) is 0 Å². The van der Waals surface area contributed by atoms with E-state index in [2.05, 4.69) is 20.4 Å². The molecule has 0 bridgehead atoms. The number of hydrogen-bond donors (Lipinski definition) is 4. The van der Waals surface area contributed by atoms with Crippen LogP contribution in [0, 0.1) is 28.6 Å². The minimum atomic E-state index is -1.19. The second kappa shape index (κ2) is 7.25. The number of allylic oxidation sites excluding steroid dienone is 1. The number of fused-ring (bicyclic) bond motifs is 5. The van der Waals surface area contributed by atoms with E-state index in [0.717, 1.165) is 24.0 Å². The molecule has 4 fully saturated rings. The van der Waals surface area contributed by atoms with Crippen LogP contribution in [0.4, 0.5) is 0 Å². The van der Waals surface area contributed by atoms with E-state index in [0.29, 0.717) is 25.7 Å². The summed E-state index contributed by atoms with van der Waals surface area (Å²) in [5.41, 5.74) is -2.18. The van der Waals surface area contributed by atoms with Gasteiger partial charge >= 0.3 is 0 Å². The topological polar surface area (TPSA) is 107 Å². The summed E-state index contributed by atoms with van der Waals surface area (Å²) in [6.45, 7) is 14.1. The van der Waals surface area contributed by atoms with Crippen molar-refractivity contribution in [3.05, 3.63) is 23.8 Å². The Balaban J connectivity index is 1.51. The lowest BCUT2D eigenvalue weighted by Gasteiger charge is -2.60. The van der Waals surface area contributed by atoms with Gasteiger partial charge in [-0.05, 0) is 100 Å². The first kappa shape index (κ1) is 24.6. The minimum absolute atomic E-state index is 0.0273. The lowest BCUT2D eigenvalue weighted by molar-refractivity contribution is -0.187. The molecule has 6 heteroatoms. The molecule has 190 valence electrons. The first-order chi connectivity index (χ1) is 15.6. The van der Waals surface area contributed by atoms with Crippen molar-refractivity contribution in [1.29, 1.82) is 0 Å². The maximum absolute atomic E-state index is 13.3. The summed E-state index contributed by atoms with van der Waals surface area (Å²) >= 11 is 0. The third-order valence-electron chi connectivity index (χ3n) is 11.2. The Morgan fingerprint density at radius 3 is 2.38 bits per heavy atom. The van der Waals surface area contributed by atoms with Crippen molar-refractivity contribution < 1.29 is 30.0 Å². The van der Waals surface area contributed by atoms with Crippen molar-refractivity contribution >= 4 is 5.78 Å². The monoisotopic (exact) mass is 474 g/mol. The van der Waals surface area contributed by atoms with Crippen LogP contribution in [-0.4, -0.2) is 61.3 Å². The molecule has 34 heavy (non-hydrogen) atoms. The Labute approximate surface area is 203 Å². The third-order valence-corrected chi connectivity index (χ3v) is 11.2. The number of hydrogen-bond acceptors (Lipinski definition) is 6. The fourth-order valence-corrected chi connectivity index (χ4v) is 8.81. The predicted octanol–water partition coefficient (Wildman–Crippen LogP) is 3.07. The van der Waals surface area contributed by atoms with Crippen LogP contribution in [0.5, 0.6) is 0 Å². The van der Waals surface area contributed by atoms with E-state index < -0.39 is 45.9 Å². The van der Waals surface area contributed by atoms with Crippen LogP contribution in [-0.2, 0) is 9.53 Å². The zero-order valence-corrected chi connectivity index (χ0v) is 21.3. The summed E-state index contributed by atoms with van der Waals surface area (Å²) in [4.78, 5) is 13.3. The molecule has 0 unspecified atom stereocenters. The van der Waals surface area contributed by atoms with Gasteiger partial charge in [0.25, 0.3) is 0 Å². The van der Waals surface area contributed by atoms with Gasteiger partial charge in [-0.3, -0.25) is 4.79 Å². The lowest BCUT2D eigenvalue weighted by Crippen LogP contribution is -2.62. The van der Waals surface area contributed by atoms with Crippen molar-refractivity contribution in [3.63, 3.8) is 0 Å². The van der Waals surface area contributed by atoms with E-state index in [1.807, 2.05) is 20.8 Å². The largest absolute Gasteiger partial charge is 0.390 e. The maximum Gasteiger partial charge on any atom is 0.159 e. The summed E-state index contributed by atoms with van der Waals surface area (Å²) in [5, 5.41) is 45.0. The highest BCUT2D eigenvalue weighted by Crippen LogP contribution is 2.69. The number of rotatable bonds is 2. The normalized spacial score (nSPS) is 51.9. The van der Waals surface area contributed by atoms with Crippen molar-refractivity contribution in [3.8, 4) is 0 Å². The fraction of sp³-hybridized carbons (Fsp3) is 0.821. The van der Waals surface area contributed by atoms with Crippen molar-refractivity contribution in [2.45, 2.75) is 115 Å². The molecule has 0 spiro atoms. The summed E-state index contributed by atoms with van der Waals surface area (Å²) in [6.07, 6.45) is 3.38. The van der Waals surface area contributed by atoms with Gasteiger partial charge in [-0.2, -0.15) is 0 Å². The molecule has 0 aromatic rings. The highest BCUT2D eigenvalue weighted by atomic mass is 16.5. The predicted molar refractivity (Wildman–Crippen MR) is 128 cm³/mol. The van der Waals surface area contributed by atoms with E-state index in [1.54, 1.807) is 6.08 Å². The molecule has 0 radical (unpaired) electrons. The molecule has 0 aromatic carbocycles. The smallest absolute Gasteiger partial charge is 0.159 e. The van der Waals surface area contributed by atoms with Crippen LogP contribution < -0.4 is 0 Å². The molecule has 5 rings (SSSR count). The zero-order chi connectivity index (χ0) is 25.1. The Hall–Kier alpha value is -1.05. The quantitative estimate of drug-likeness (QED) is 0.458. The Morgan fingerprint density at radius 1 is 1.09 bits per heavy atom. The van der Waals surface area contributed by atoms with Crippen LogP contribution in [0.25, 0.3) is 0 Å². The van der Waals surface area contributed by atoms with E-state index in [9.17, 15) is 25.2 Å².